The maximum Gasteiger partial charge on any atom is 0.174 e. The summed E-state index contributed by atoms with van der Waals surface area (Å²) in [5.74, 6) is 0.916. The molecule has 0 amide bonds. The van der Waals surface area contributed by atoms with Gasteiger partial charge in [-0.1, -0.05) is 0 Å². The molecule has 3 rings (SSSR count). The van der Waals surface area contributed by atoms with Crippen LogP contribution in [-0.4, -0.2) is 36.3 Å². The van der Waals surface area contributed by atoms with Crippen molar-refractivity contribution in [3.8, 4) is 0 Å². The number of morpholine rings is 1. The van der Waals surface area contributed by atoms with Crippen LogP contribution in [0.2, 0.25) is 0 Å². The summed E-state index contributed by atoms with van der Waals surface area (Å²) in [4.78, 5) is 10.6. The van der Waals surface area contributed by atoms with Crippen molar-refractivity contribution in [1.29, 1.82) is 0 Å². The summed E-state index contributed by atoms with van der Waals surface area (Å²) in [6, 6.07) is 8.17. The summed E-state index contributed by atoms with van der Waals surface area (Å²) in [5.41, 5.74) is 7.92. The van der Waals surface area contributed by atoms with Gasteiger partial charge in [0.1, 0.15) is 4.60 Å². The third-order valence-corrected chi connectivity index (χ3v) is 3.66. The molecule has 1 aliphatic heterocycles. The van der Waals surface area contributed by atoms with Crippen molar-refractivity contribution in [2.45, 2.75) is 0 Å². The lowest BCUT2D eigenvalue weighted by atomic mass is 10.2. The van der Waals surface area contributed by atoms with Crippen LogP contribution in [0.5, 0.6) is 0 Å². The average Bonchev–Trinajstić information content (AvgIpc) is 2.53. The van der Waals surface area contributed by atoms with E-state index in [9.17, 15) is 0 Å². The number of nitrogens with two attached hydrogens (primary N) is 1. The van der Waals surface area contributed by atoms with E-state index in [2.05, 4.69) is 48.2 Å². The van der Waals surface area contributed by atoms with Gasteiger partial charge in [0, 0.05) is 24.5 Å². The van der Waals surface area contributed by atoms with E-state index < -0.39 is 0 Å². The second kappa shape index (κ2) is 6.28. The largest absolute Gasteiger partial charge is 0.381 e. The number of ether oxygens (including phenoxy) is 1. The molecule has 0 radical (unpaired) electrons. The molecule has 110 valence electrons. The molecule has 1 saturated heterocycles. The zero-order chi connectivity index (χ0) is 14.7. The molecule has 0 spiro atoms. The molecule has 0 atom stereocenters. The first-order valence-electron chi connectivity index (χ1n) is 6.70. The van der Waals surface area contributed by atoms with Crippen molar-refractivity contribution in [3.05, 3.63) is 35.1 Å². The topological polar surface area (TPSA) is 76.3 Å². The molecule has 0 saturated carbocycles. The van der Waals surface area contributed by atoms with E-state index in [0.717, 1.165) is 32.0 Å². The molecule has 1 aromatic carbocycles. The van der Waals surface area contributed by atoms with E-state index in [1.807, 2.05) is 12.1 Å². The van der Waals surface area contributed by atoms with Crippen molar-refractivity contribution in [2.24, 2.45) is 0 Å². The predicted octanol–water partition coefficient (Wildman–Crippen LogP) is 2.40. The minimum Gasteiger partial charge on any atom is -0.381 e. The number of nitrogens with zero attached hydrogens (tertiary/aromatic N) is 3. The minimum absolute atomic E-state index is 0.371. The molecule has 21 heavy (non-hydrogen) atoms. The molecule has 0 unspecified atom stereocenters. The highest BCUT2D eigenvalue weighted by molar-refractivity contribution is 9.10. The number of nitrogen functional groups attached to an aromatic ring is 1. The monoisotopic (exact) mass is 349 g/mol. The Kier molecular flexibility index (Phi) is 4.21. The van der Waals surface area contributed by atoms with Crippen LogP contribution in [-0.2, 0) is 4.74 Å². The molecule has 1 aliphatic rings. The number of rotatable bonds is 3. The van der Waals surface area contributed by atoms with Crippen LogP contribution in [0, 0.1) is 0 Å². The highest BCUT2D eigenvalue weighted by Gasteiger charge is 2.11. The van der Waals surface area contributed by atoms with Crippen LogP contribution >= 0.6 is 15.9 Å². The Labute approximate surface area is 131 Å². The first-order chi connectivity index (χ1) is 10.2. The Morgan fingerprint density at radius 1 is 1.19 bits per heavy atom. The highest BCUT2D eigenvalue weighted by atomic mass is 79.9. The quantitative estimate of drug-likeness (QED) is 0.885. The van der Waals surface area contributed by atoms with Gasteiger partial charge in [-0.15, -0.1) is 0 Å². The van der Waals surface area contributed by atoms with Crippen LogP contribution in [0.15, 0.2) is 35.1 Å². The number of benzene rings is 1. The summed E-state index contributed by atoms with van der Waals surface area (Å²) in [7, 11) is 0. The summed E-state index contributed by atoms with van der Waals surface area (Å²) in [6.45, 7) is 3.42. The summed E-state index contributed by atoms with van der Waals surface area (Å²) in [6.07, 6.45) is 1.57. The lowest BCUT2D eigenvalue weighted by Crippen LogP contribution is -2.36. The zero-order valence-electron chi connectivity index (χ0n) is 11.4. The third-order valence-electron chi connectivity index (χ3n) is 3.28. The number of halogens is 1. The highest BCUT2D eigenvalue weighted by Crippen LogP contribution is 2.24. The number of hydrogen-bond acceptors (Lipinski definition) is 6. The first kappa shape index (κ1) is 14.1. The Balaban J connectivity index is 1.73. The van der Waals surface area contributed by atoms with Crippen molar-refractivity contribution < 1.29 is 4.74 Å². The molecule has 2 heterocycles. The second-order valence-electron chi connectivity index (χ2n) is 4.70. The van der Waals surface area contributed by atoms with Gasteiger partial charge in [-0.25, -0.2) is 9.97 Å². The molecule has 7 heteroatoms. The van der Waals surface area contributed by atoms with Crippen LogP contribution in [0.25, 0.3) is 0 Å². The number of hydrogen-bond donors (Lipinski definition) is 2. The van der Waals surface area contributed by atoms with Crippen molar-refractivity contribution in [3.63, 3.8) is 0 Å². The maximum atomic E-state index is 5.81. The smallest absolute Gasteiger partial charge is 0.174 e. The molecular formula is C14H16BrN5O. The van der Waals surface area contributed by atoms with Crippen LogP contribution in [0.4, 0.5) is 23.0 Å². The van der Waals surface area contributed by atoms with E-state index >= 15 is 0 Å². The normalized spacial score (nSPS) is 15.0. The summed E-state index contributed by atoms with van der Waals surface area (Å²) in [5, 5.41) is 3.17. The number of nitrogens with one attached hydrogen (secondary N) is 1. The van der Waals surface area contributed by atoms with Gasteiger partial charge >= 0.3 is 0 Å². The fourth-order valence-corrected chi connectivity index (χ4v) is 2.46. The van der Waals surface area contributed by atoms with Gasteiger partial charge in [-0.3, -0.25) is 0 Å². The van der Waals surface area contributed by atoms with E-state index in [4.69, 9.17) is 10.5 Å². The fourth-order valence-electron chi connectivity index (χ4n) is 2.18. The van der Waals surface area contributed by atoms with E-state index in [0.29, 0.717) is 16.2 Å². The van der Waals surface area contributed by atoms with Crippen LogP contribution < -0.4 is 16.0 Å². The van der Waals surface area contributed by atoms with Crippen molar-refractivity contribution in [2.75, 3.05) is 42.3 Å². The Bertz CT molecular complexity index is 613. The molecule has 1 fully saturated rings. The number of aromatic nitrogens is 2. The predicted molar refractivity (Wildman–Crippen MR) is 86.9 cm³/mol. The van der Waals surface area contributed by atoms with Gasteiger partial charge in [0.05, 0.1) is 19.4 Å². The van der Waals surface area contributed by atoms with Gasteiger partial charge in [-0.2, -0.15) is 0 Å². The van der Waals surface area contributed by atoms with Gasteiger partial charge in [-0.05, 0) is 40.2 Å². The molecule has 6 nitrogen and oxygen atoms in total. The van der Waals surface area contributed by atoms with Crippen LogP contribution in [0.3, 0.4) is 0 Å². The standard InChI is InChI=1S/C14H16BrN5O/c15-12-9-17-13(16)14(19-12)18-10-1-3-11(4-2-10)20-5-7-21-8-6-20/h1-4,9H,5-8H2,(H2,16,17)(H,18,19). The lowest BCUT2D eigenvalue weighted by Gasteiger charge is -2.28. The molecule has 0 bridgehead atoms. The average molecular weight is 350 g/mol. The van der Waals surface area contributed by atoms with Gasteiger partial charge in [0.25, 0.3) is 0 Å². The Hall–Kier alpha value is -1.86. The summed E-state index contributed by atoms with van der Waals surface area (Å²) < 4.78 is 6.00. The molecule has 3 N–H and O–H groups in total. The molecule has 1 aromatic heterocycles. The van der Waals surface area contributed by atoms with E-state index in [1.165, 1.54) is 5.69 Å². The first-order valence-corrected chi connectivity index (χ1v) is 7.49. The lowest BCUT2D eigenvalue weighted by molar-refractivity contribution is 0.122. The minimum atomic E-state index is 0.371. The number of anilines is 4. The Morgan fingerprint density at radius 2 is 1.90 bits per heavy atom. The summed E-state index contributed by atoms with van der Waals surface area (Å²) >= 11 is 3.29. The van der Waals surface area contributed by atoms with Gasteiger partial charge in [0.15, 0.2) is 11.6 Å². The van der Waals surface area contributed by atoms with Crippen molar-refractivity contribution in [1.82, 2.24) is 9.97 Å². The van der Waals surface area contributed by atoms with Gasteiger partial charge in [0.2, 0.25) is 0 Å². The van der Waals surface area contributed by atoms with Gasteiger partial charge < -0.3 is 20.7 Å². The second-order valence-corrected chi connectivity index (χ2v) is 5.51. The van der Waals surface area contributed by atoms with E-state index in [-0.39, 0.29) is 0 Å². The van der Waals surface area contributed by atoms with E-state index in [1.54, 1.807) is 6.20 Å². The van der Waals surface area contributed by atoms with Crippen molar-refractivity contribution >= 4 is 38.9 Å². The van der Waals surface area contributed by atoms with Crippen LogP contribution in [0.1, 0.15) is 0 Å². The Morgan fingerprint density at radius 3 is 2.62 bits per heavy atom. The SMILES string of the molecule is Nc1ncc(Br)nc1Nc1ccc(N2CCOCC2)cc1. The fraction of sp³-hybridized carbons (Fsp3) is 0.286. The maximum absolute atomic E-state index is 5.81. The molecule has 2 aromatic rings. The molecule has 0 aliphatic carbocycles. The third kappa shape index (κ3) is 3.43. The molecular weight excluding hydrogens is 334 g/mol. The zero-order valence-corrected chi connectivity index (χ0v) is 13.0.